The quantitative estimate of drug-likeness (QED) is 0.312. The Labute approximate surface area is 230 Å². The van der Waals surface area contributed by atoms with Crippen molar-refractivity contribution in [3.63, 3.8) is 0 Å². The SMILES string of the molecule is CCC(O)CNS(=O)(=O)/C(C#N)=C(\C)c1ccc(-c2ccc3cc(NCCN4CCOCC4)ccc3c2)n1C. The number of nitrogens with one attached hydrogen (secondary N) is 2. The third-order valence-electron chi connectivity index (χ3n) is 7.19. The van der Waals surface area contributed by atoms with Gasteiger partial charge >= 0.3 is 0 Å². The van der Waals surface area contributed by atoms with E-state index >= 15 is 0 Å². The highest BCUT2D eigenvalue weighted by Gasteiger charge is 2.23. The zero-order valence-corrected chi connectivity index (χ0v) is 23.6. The van der Waals surface area contributed by atoms with Gasteiger partial charge in [-0.2, -0.15) is 5.26 Å². The summed E-state index contributed by atoms with van der Waals surface area (Å²) in [6, 6.07) is 18.2. The molecule has 39 heavy (non-hydrogen) atoms. The van der Waals surface area contributed by atoms with Gasteiger partial charge in [0.2, 0.25) is 0 Å². The van der Waals surface area contributed by atoms with Gasteiger partial charge in [-0.3, -0.25) is 4.90 Å². The number of allylic oxidation sites excluding steroid dienone is 2. The zero-order chi connectivity index (χ0) is 28.0. The van der Waals surface area contributed by atoms with E-state index in [0.717, 1.165) is 67.1 Å². The summed E-state index contributed by atoms with van der Waals surface area (Å²) in [5.74, 6) is 0. The molecule has 0 spiro atoms. The molecular weight excluding hydrogens is 514 g/mol. The maximum Gasteiger partial charge on any atom is 0.251 e. The van der Waals surface area contributed by atoms with Crippen LogP contribution < -0.4 is 10.0 Å². The molecule has 3 N–H and O–H groups in total. The Morgan fingerprint density at radius 2 is 1.85 bits per heavy atom. The van der Waals surface area contributed by atoms with Crippen molar-refractivity contribution in [2.24, 2.45) is 7.05 Å². The van der Waals surface area contributed by atoms with E-state index in [-0.39, 0.29) is 11.4 Å². The fourth-order valence-electron chi connectivity index (χ4n) is 4.76. The van der Waals surface area contributed by atoms with E-state index in [2.05, 4.69) is 45.3 Å². The number of nitrogens with zero attached hydrogens (tertiary/aromatic N) is 3. The first-order valence-corrected chi connectivity index (χ1v) is 14.7. The molecule has 0 aliphatic carbocycles. The molecule has 2 heterocycles. The van der Waals surface area contributed by atoms with Crippen molar-refractivity contribution >= 4 is 32.1 Å². The Bertz CT molecular complexity index is 1480. The molecule has 3 aromatic rings. The van der Waals surface area contributed by atoms with Gasteiger partial charge < -0.3 is 19.7 Å². The third-order valence-corrected chi connectivity index (χ3v) is 8.68. The molecule has 1 fully saturated rings. The van der Waals surface area contributed by atoms with Gasteiger partial charge in [0, 0.05) is 62.4 Å². The van der Waals surface area contributed by atoms with Crippen LogP contribution in [0, 0.1) is 11.3 Å². The van der Waals surface area contributed by atoms with Crippen LogP contribution in [0.3, 0.4) is 0 Å². The predicted octanol–water partition coefficient (Wildman–Crippen LogP) is 3.53. The molecule has 0 saturated carbocycles. The minimum Gasteiger partial charge on any atom is -0.392 e. The topological polar surface area (TPSA) is 120 Å². The van der Waals surface area contributed by atoms with E-state index in [1.807, 2.05) is 35.9 Å². The summed E-state index contributed by atoms with van der Waals surface area (Å²) in [6.45, 7) is 8.66. The maximum absolute atomic E-state index is 12.8. The van der Waals surface area contributed by atoms with Crippen LogP contribution in [-0.4, -0.2) is 75.0 Å². The average Bonchev–Trinajstić information content (AvgIpc) is 3.33. The van der Waals surface area contributed by atoms with Crippen LogP contribution in [0.25, 0.3) is 27.6 Å². The maximum atomic E-state index is 12.8. The number of rotatable bonds is 11. The van der Waals surface area contributed by atoms with Crippen molar-refractivity contribution in [1.82, 2.24) is 14.2 Å². The Morgan fingerprint density at radius 1 is 1.13 bits per heavy atom. The Hall–Kier alpha value is -3.20. The molecular formula is C29H37N5O4S. The number of aliphatic hydroxyl groups is 1. The van der Waals surface area contributed by atoms with Crippen molar-refractivity contribution in [1.29, 1.82) is 5.26 Å². The van der Waals surface area contributed by atoms with Crippen molar-refractivity contribution in [2.45, 2.75) is 26.4 Å². The summed E-state index contributed by atoms with van der Waals surface area (Å²) in [7, 11) is -2.21. The van der Waals surface area contributed by atoms with E-state index in [4.69, 9.17) is 4.74 Å². The smallest absolute Gasteiger partial charge is 0.251 e. The molecule has 1 aromatic heterocycles. The van der Waals surface area contributed by atoms with Gasteiger partial charge in [-0.15, -0.1) is 0 Å². The molecule has 9 nitrogen and oxygen atoms in total. The van der Waals surface area contributed by atoms with Crippen LogP contribution in [0.2, 0.25) is 0 Å². The van der Waals surface area contributed by atoms with Gasteiger partial charge in [-0.05, 0) is 60.0 Å². The normalized spacial score (nSPS) is 16.1. The van der Waals surface area contributed by atoms with E-state index < -0.39 is 16.1 Å². The zero-order valence-electron chi connectivity index (χ0n) is 22.8. The summed E-state index contributed by atoms with van der Waals surface area (Å²) in [4.78, 5) is 2.04. The average molecular weight is 552 g/mol. The van der Waals surface area contributed by atoms with Crippen LogP contribution >= 0.6 is 0 Å². The van der Waals surface area contributed by atoms with Crippen molar-refractivity contribution in [2.75, 3.05) is 51.3 Å². The minimum atomic E-state index is -4.06. The lowest BCUT2D eigenvalue weighted by Crippen LogP contribution is -2.38. The summed E-state index contributed by atoms with van der Waals surface area (Å²) in [5.41, 5.74) is 3.95. The van der Waals surface area contributed by atoms with E-state index in [1.54, 1.807) is 13.8 Å². The first-order chi connectivity index (χ1) is 18.7. The fraction of sp³-hybridized carbons (Fsp3) is 0.414. The number of benzene rings is 2. The second kappa shape index (κ2) is 12.8. The Morgan fingerprint density at radius 3 is 2.56 bits per heavy atom. The first kappa shape index (κ1) is 28.8. The van der Waals surface area contributed by atoms with Crippen LogP contribution in [0.15, 0.2) is 53.4 Å². The summed E-state index contributed by atoms with van der Waals surface area (Å²) < 4.78 is 35.2. The Balaban J connectivity index is 1.52. The van der Waals surface area contributed by atoms with Gasteiger partial charge in [-0.25, -0.2) is 13.1 Å². The third kappa shape index (κ3) is 6.87. The molecule has 0 radical (unpaired) electrons. The van der Waals surface area contributed by atoms with Gasteiger partial charge in [0.25, 0.3) is 10.0 Å². The molecule has 0 amide bonds. The van der Waals surface area contributed by atoms with Crippen LogP contribution in [0.5, 0.6) is 0 Å². The summed E-state index contributed by atoms with van der Waals surface area (Å²) >= 11 is 0. The number of hydrogen-bond donors (Lipinski definition) is 3. The number of fused-ring (bicyclic) bond motifs is 1. The molecule has 0 bridgehead atoms. The van der Waals surface area contributed by atoms with Gasteiger partial charge in [0.1, 0.15) is 6.07 Å². The Kier molecular flexibility index (Phi) is 9.43. The van der Waals surface area contributed by atoms with Crippen LogP contribution in [0.4, 0.5) is 5.69 Å². The number of hydrogen-bond acceptors (Lipinski definition) is 7. The number of nitriles is 1. The minimum absolute atomic E-state index is 0.141. The highest BCUT2D eigenvalue weighted by atomic mass is 32.2. The molecule has 4 rings (SSSR count). The number of anilines is 1. The van der Waals surface area contributed by atoms with Crippen LogP contribution in [-0.2, 0) is 21.8 Å². The monoisotopic (exact) mass is 551 g/mol. The second-order valence-electron chi connectivity index (χ2n) is 9.80. The van der Waals surface area contributed by atoms with Crippen molar-refractivity contribution < 1.29 is 18.3 Å². The molecule has 1 aliphatic rings. The molecule has 1 aliphatic heterocycles. The first-order valence-electron chi connectivity index (χ1n) is 13.3. The predicted molar refractivity (Wildman–Crippen MR) is 156 cm³/mol. The number of sulfonamides is 1. The second-order valence-corrected chi connectivity index (χ2v) is 11.5. The molecule has 208 valence electrons. The van der Waals surface area contributed by atoms with Crippen LogP contribution in [0.1, 0.15) is 26.0 Å². The lowest BCUT2D eigenvalue weighted by molar-refractivity contribution is 0.0398. The molecule has 1 unspecified atom stereocenters. The fourth-order valence-corrected chi connectivity index (χ4v) is 5.94. The highest BCUT2D eigenvalue weighted by molar-refractivity contribution is 7.93. The molecule has 1 atom stereocenters. The largest absolute Gasteiger partial charge is 0.392 e. The van der Waals surface area contributed by atoms with E-state index in [1.165, 1.54) is 0 Å². The lowest BCUT2D eigenvalue weighted by Gasteiger charge is -2.26. The van der Waals surface area contributed by atoms with E-state index in [9.17, 15) is 18.8 Å². The number of morpholine rings is 1. The van der Waals surface area contributed by atoms with Crippen molar-refractivity contribution in [3.8, 4) is 17.3 Å². The molecule has 1 saturated heterocycles. The van der Waals surface area contributed by atoms with Crippen molar-refractivity contribution in [3.05, 3.63) is 59.1 Å². The standard InChI is InChI=1S/C29H37N5O4S/c1-4-26(35)20-32-39(36,37)29(19-30)21(2)27-9-10-28(33(27)3)24-6-5-23-18-25(8-7-22(23)17-24)31-11-12-34-13-15-38-16-14-34/h5-10,17-18,26,31-32,35H,4,11-16,20H2,1-3H3/b29-21+. The van der Waals surface area contributed by atoms with Gasteiger partial charge in [-0.1, -0.05) is 25.1 Å². The van der Waals surface area contributed by atoms with E-state index in [0.29, 0.717) is 17.7 Å². The van der Waals surface area contributed by atoms with Gasteiger partial charge in [0.15, 0.2) is 4.91 Å². The summed E-state index contributed by atoms with van der Waals surface area (Å²) in [5, 5.41) is 25.2. The molecule has 10 heteroatoms. The number of aliphatic hydroxyl groups excluding tert-OH is 1. The summed E-state index contributed by atoms with van der Waals surface area (Å²) in [6.07, 6.45) is -0.399. The number of ether oxygens (including phenoxy) is 1. The van der Waals surface area contributed by atoms with Gasteiger partial charge in [0.05, 0.1) is 19.3 Å². The number of aromatic nitrogens is 1. The highest BCUT2D eigenvalue weighted by Crippen LogP contribution is 2.30. The molecule has 2 aromatic carbocycles. The lowest BCUT2D eigenvalue weighted by atomic mass is 10.0.